The Bertz CT molecular complexity index is 582. The predicted molar refractivity (Wildman–Crippen MR) is 57.0 cm³/mol. The number of ether oxygens (including phenoxy) is 1. The van der Waals surface area contributed by atoms with E-state index in [-0.39, 0.29) is 12.3 Å². The van der Waals surface area contributed by atoms with Crippen LogP contribution in [0.15, 0.2) is 22.6 Å². The fourth-order valence-corrected chi connectivity index (χ4v) is 1.46. The van der Waals surface area contributed by atoms with Gasteiger partial charge in [0, 0.05) is 5.56 Å². The van der Waals surface area contributed by atoms with Crippen molar-refractivity contribution in [3.63, 3.8) is 0 Å². The van der Waals surface area contributed by atoms with Crippen molar-refractivity contribution in [2.24, 2.45) is 0 Å². The topological polar surface area (TPSA) is 85.5 Å². The zero-order valence-corrected chi connectivity index (χ0v) is 9.38. The summed E-state index contributed by atoms with van der Waals surface area (Å²) >= 11 is 0. The van der Waals surface area contributed by atoms with Gasteiger partial charge in [0.1, 0.15) is 11.6 Å². The minimum atomic E-state index is -1.31. The number of carbonyl (C=O) groups is 1. The van der Waals surface area contributed by atoms with Gasteiger partial charge in [0.2, 0.25) is 5.89 Å². The highest BCUT2D eigenvalue weighted by Crippen LogP contribution is 2.22. The maximum absolute atomic E-state index is 13.1. The average molecular weight is 252 g/mol. The van der Waals surface area contributed by atoms with Crippen LogP contribution in [0.4, 0.5) is 4.39 Å². The largest absolute Gasteiger partial charge is 0.496 e. The molecule has 1 heterocycles. The highest BCUT2D eigenvalue weighted by Gasteiger charge is 2.15. The SMILES string of the molecule is COc1ccc(F)cc1Cc1nnc(C(=O)O)o1. The first kappa shape index (κ1) is 12.0. The van der Waals surface area contributed by atoms with E-state index in [9.17, 15) is 9.18 Å². The number of hydrogen-bond acceptors (Lipinski definition) is 5. The molecule has 0 saturated carbocycles. The third kappa shape index (κ3) is 2.45. The van der Waals surface area contributed by atoms with Gasteiger partial charge in [-0.1, -0.05) is 0 Å². The Morgan fingerprint density at radius 1 is 1.50 bits per heavy atom. The molecule has 1 aromatic carbocycles. The Kier molecular flexibility index (Phi) is 3.22. The maximum Gasteiger partial charge on any atom is 0.393 e. The number of nitrogens with zero attached hydrogens (tertiary/aromatic N) is 2. The lowest BCUT2D eigenvalue weighted by Gasteiger charge is -2.05. The summed E-state index contributed by atoms with van der Waals surface area (Å²) in [6.45, 7) is 0. The molecule has 0 saturated heterocycles. The van der Waals surface area contributed by atoms with Gasteiger partial charge < -0.3 is 14.3 Å². The molecule has 0 fully saturated rings. The summed E-state index contributed by atoms with van der Waals surface area (Å²) < 4.78 is 23.0. The molecular formula is C11H9FN2O4. The van der Waals surface area contributed by atoms with Crippen LogP contribution in [0.2, 0.25) is 0 Å². The quantitative estimate of drug-likeness (QED) is 0.887. The van der Waals surface area contributed by atoms with Crippen LogP contribution < -0.4 is 4.74 Å². The van der Waals surface area contributed by atoms with E-state index in [1.165, 1.54) is 25.3 Å². The standard InChI is InChI=1S/C11H9FN2O4/c1-17-8-3-2-7(12)4-6(8)5-9-13-14-10(18-9)11(15)16/h2-4H,5H2,1H3,(H,15,16). The number of carboxylic acids is 1. The van der Waals surface area contributed by atoms with E-state index < -0.39 is 17.7 Å². The fraction of sp³-hybridized carbons (Fsp3) is 0.182. The summed E-state index contributed by atoms with van der Waals surface area (Å²) in [5.74, 6) is -1.69. The van der Waals surface area contributed by atoms with E-state index in [0.717, 1.165) is 0 Å². The first-order chi connectivity index (χ1) is 8.60. The van der Waals surface area contributed by atoms with Crippen LogP contribution in [-0.2, 0) is 6.42 Å². The molecule has 0 aliphatic heterocycles. The van der Waals surface area contributed by atoms with Crippen molar-refractivity contribution in [1.29, 1.82) is 0 Å². The monoisotopic (exact) mass is 252 g/mol. The second-order valence-electron chi connectivity index (χ2n) is 3.44. The summed E-state index contributed by atoms with van der Waals surface area (Å²) in [7, 11) is 1.45. The highest BCUT2D eigenvalue weighted by atomic mass is 19.1. The number of carboxylic acid groups (broad SMARTS) is 1. The molecular weight excluding hydrogens is 243 g/mol. The van der Waals surface area contributed by atoms with Crippen molar-refractivity contribution >= 4 is 5.97 Å². The van der Waals surface area contributed by atoms with Gasteiger partial charge in [0.25, 0.3) is 0 Å². The highest BCUT2D eigenvalue weighted by molar-refractivity contribution is 5.81. The van der Waals surface area contributed by atoms with Crippen LogP contribution in [0.25, 0.3) is 0 Å². The van der Waals surface area contributed by atoms with Crippen LogP contribution in [0, 0.1) is 5.82 Å². The van der Waals surface area contributed by atoms with Gasteiger partial charge in [-0.15, -0.1) is 10.2 Å². The minimum Gasteiger partial charge on any atom is -0.496 e. The van der Waals surface area contributed by atoms with Gasteiger partial charge in [-0.2, -0.15) is 0 Å². The molecule has 0 spiro atoms. The van der Waals surface area contributed by atoms with Gasteiger partial charge in [-0.25, -0.2) is 9.18 Å². The van der Waals surface area contributed by atoms with E-state index in [1.54, 1.807) is 0 Å². The van der Waals surface area contributed by atoms with Crippen LogP contribution >= 0.6 is 0 Å². The molecule has 1 aromatic heterocycles. The Morgan fingerprint density at radius 3 is 2.89 bits per heavy atom. The molecule has 0 aliphatic rings. The van der Waals surface area contributed by atoms with Crippen LogP contribution in [0.3, 0.4) is 0 Å². The number of methoxy groups -OCH3 is 1. The molecule has 0 unspecified atom stereocenters. The van der Waals surface area contributed by atoms with Crippen molar-refractivity contribution in [3.05, 3.63) is 41.4 Å². The summed E-state index contributed by atoms with van der Waals surface area (Å²) in [4.78, 5) is 10.6. The molecule has 94 valence electrons. The smallest absolute Gasteiger partial charge is 0.393 e. The van der Waals surface area contributed by atoms with Crippen LogP contribution in [0.5, 0.6) is 5.75 Å². The van der Waals surface area contributed by atoms with E-state index in [4.69, 9.17) is 14.3 Å². The molecule has 0 atom stereocenters. The molecule has 0 bridgehead atoms. The number of halogens is 1. The number of benzene rings is 1. The van der Waals surface area contributed by atoms with Gasteiger partial charge >= 0.3 is 11.9 Å². The average Bonchev–Trinajstić information content (AvgIpc) is 2.78. The van der Waals surface area contributed by atoms with Crippen molar-refractivity contribution < 1.29 is 23.4 Å². The lowest BCUT2D eigenvalue weighted by atomic mass is 10.1. The zero-order valence-electron chi connectivity index (χ0n) is 9.38. The Labute approximate surface area is 101 Å². The molecule has 2 rings (SSSR count). The number of aromatic nitrogens is 2. The summed E-state index contributed by atoms with van der Waals surface area (Å²) in [6.07, 6.45) is 0.0984. The first-order valence-electron chi connectivity index (χ1n) is 4.98. The second kappa shape index (κ2) is 4.82. The molecule has 6 nitrogen and oxygen atoms in total. The van der Waals surface area contributed by atoms with Crippen molar-refractivity contribution in [1.82, 2.24) is 10.2 Å². The lowest BCUT2D eigenvalue weighted by molar-refractivity contribution is 0.0651. The van der Waals surface area contributed by atoms with Gasteiger partial charge in [0.05, 0.1) is 13.5 Å². The maximum atomic E-state index is 13.1. The molecule has 0 radical (unpaired) electrons. The van der Waals surface area contributed by atoms with Crippen LogP contribution in [0.1, 0.15) is 22.1 Å². The Balaban J connectivity index is 2.27. The predicted octanol–water partition coefficient (Wildman–Crippen LogP) is 1.51. The van der Waals surface area contributed by atoms with Crippen molar-refractivity contribution in [3.8, 4) is 5.75 Å². The molecule has 1 N–H and O–H groups in total. The third-order valence-electron chi connectivity index (χ3n) is 2.23. The summed E-state index contributed by atoms with van der Waals surface area (Å²) in [5, 5.41) is 15.5. The fourth-order valence-electron chi connectivity index (χ4n) is 1.46. The Hall–Kier alpha value is -2.44. The summed E-state index contributed by atoms with van der Waals surface area (Å²) in [6, 6.07) is 4.00. The second-order valence-corrected chi connectivity index (χ2v) is 3.44. The van der Waals surface area contributed by atoms with Crippen molar-refractivity contribution in [2.75, 3.05) is 7.11 Å². The zero-order chi connectivity index (χ0) is 13.1. The van der Waals surface area contributed by atoms with Gasteiger partial charge in [-0.05, 0) is 18.2 Å². The number of aromatic carboxylic acids is 1. The van der Waals surface area contributed by atoms with E-state index in [0.29, 0.717) is 11.3 Å². The molecule has 7 heteroatoms. The lowest BCUT2D eigenvalue weighted by Crippen LogP contribution is -1.95. The Morgan fingerprint density at radius 2 is 2.28 bits per heavy atom. The van der Waals surface area contributed by atoms with Crippen molar-refractivity contribution in [2.45, 2.75) is 6.42 Å². The van der Waals surface area contributed by atoms with Gasteiger partial charge in [-0.3, -0.25) is 0 Å². The molecule has 0 aliphatic carbocycles. The number of hydrogen-bond donors (Lipinski definition) is 1. The first-order valence-corrected chi connectivity index (χ1v) is 4.98. The van der Waals surface area contributed by atoms with Gasteiger partial charge in [0.15, 0.2) is 0 Å². The van der Waals surface area contributed by atoms with Crippen LogP contribution in [-0.4, -0.2) is 28.4 Å². The van der Waals surface area contributed by atoms with E-state index >= 15 is 0 Å². The minimum absolute atomic E-state index is 0.0799. The molecule has 2 aromatic rings. The van der Waals surface area contributed by atoms with E-state index in [1.807, 2.05) is 0 Å². The number of rotatable bonds is 4. The molecule has 18 heavy (non-hydrogen) atoms. The normalized spacial score (nSPS) is 10.3. The molecule has 0 amide bonds. The third-order valence-corrected chi connectivity index (χ3v) is 2.23. The summed E-state index contributed by atoms with van der Waals surface area (Å²) in [5.41, 5.74) is 0.498. The van der Waals surface area contributed by atoms with E-state index in [2.05, 4.69) is 10.2 Å².